The van der Waals surface area contributed by atoms with Gasteiger partial charge in [0.2, 0.25) is 0 Å². The van der Waals surface area contributed by atoms with Crippen LogP contribution in [0.2, 0.25) is 0 Å². The quantitative estimate of drug-likeness (QED) is 0.675. The van der Waals surface area contributed by atoms with Gasteiger partial charge in [0.15, 0.2) is 0 Å². The number of imidazole rings is 1. The number of hydrogen-bond donors (Lipinski definition) is 3. The Morgan fingerprint density at radius 1 is 1.15 bits per heavy atom. The van der Waals surface area contributed by atoms with E-state index in [9.17, 15) is 4.79 Å². The third kappa shape index (κ3) is 2.30. The zero-order valence-electron chi connectivity index (χ0n) is 10.9. The number of H-pyrrole nitrogens is 2. The molecule has 3 rings (SSSR count). The first kappa shape index (κ1) is 13.1. The summed E-state index contributed by atoms with van der Waals surface area (Å²) in [6, 6.07) is 11.7. The first-order valence-corrected chi connectivity index (χ1v) is 7.07. The molecule has 4 nitrogen and oxygen atoms in total. The molecule has 1 unspecified atom stereocenters. The van der Waals surface area contributed by atoms with Crippen LogP contribution in [0.3, 0.4) is 0 Å². The van der Waals surface area contributed by atoms with Crippen molar-refractivity contribution in [2.24, 2.45) is 5.73 Å². The van der Waals surface area contributed by atoms with Crippen molar-refractivity contribution < 1.29 is 0 Å². The van der Waals surface area contributed by atoms with Crippen molar-refractivity contribution in [3.63, 3.8) is 0 Å². The Bertz CT molecular complexity index is 834. The molecule has 1 atom stereocenters. The lowest BCUT2D eigenvalue weighted by Gasteiger charge is -2.15. The Morgan fingerprint density at radius 2 is 1.85 bits per heavy atom. The Kier molecular flexibility index (Phi) is 3.23. The van der Waals surface area contributed by atoms with E-state index in [4.69, 9.17) is 5.73 Å². The molecule has 0 aliphatic heterocycles. The molecule has 0 spiro atoms. The minimum atomic E-state index is -0.243. The molecule has 0 aliphatic carbocycles. The molecule has 1 heterocycles. The summed E-state index contributed by atoms with van der Waals surface area (Å²) in [4.78, 5) is 16.8. The summed E-state index contributed by atoms with van der Waals surface area (Å²) >= 11 is 3.53. The fourth-order valence-corrected chi connectivity index (χ4v) is 2.94. The normalized spacial score (nSPS) is 12.8. The van der Waals surface area contributed by atoms with Crippen LogP contribution >= 0.6 is 15.9 Å². The highest BCUT2D eigenvalue weighted by Gasteiger charge is 2.14. The molecule has 0 aliphatic rings. The molecule has 2 aromatic carbocycles. The molecule has 1 aromatic heterocycles. The van der Waals surface area contributed by atoms with Gasteiger partial charge in [-0.05, 0) is 30.2 Å². The van der Waals surface area contributed by atoms with Gasteiger partial charge in [0, 0.05) is 4.47 Å². The van der Waals surface area contributed by atoms with E-state index in [1.54, 1.807) is 0 Å². The summed E-state index contributed by atoms with van der Waals surface area (Å²) in [6.07, 6.45) is 0. The molecule has 0 bridgehead atoms. The zero-order chi connectivity index (χ0) is 14.3. The van der Waals surface area contributed by atoms with Gasteiger partial charge in [0.05, 0.1) is 17.1 Å². The van der Waals surface area contributed by atoms with E-state index in [2.05, 4.69) is 32.0 Å². The Balaban J connectivity index is 2.13. The lowest BCUT2D eigenvalue weighted by molar-refractivity contribution is 0.866. The fourth-order valence-electron chi connectivity index (χ4n) is 2.35. The first-order chi connectivity index (χ1) is 9.54. The number of aromatic nitrogens is 2. The molecule has 0 amide bonds. The highest BCUT2D eigenvalue weighted by molar-refractivity contribution is 9.10. The van der Waals surface area contributed by atoms with E-state index in [1.807, 2.05) is 37.3 Å². The lowest BCUT2D eigenvalue weighted by atomic mass is 9.98. The topological polar surface area (TPSA) is 74.7 Å². The summed E-state index contributed by atoms with van der Waals surface area (Å²) < 4.78 is 0.884. The van der Waals surface area contributed by atoms with Crippen molar-refractivity contribution in [3.05, 3.63) is 68.0 Å². The number of aromatic amines is 2. The molecule has 102 valence electrons. The van der Waals surface area contributed by atoms with Crippen LogP contribution in [0.5, 0.6) is 0 Å². The molecule has 4 N–H and O–H groups in total. The third-order valence-corrected chi connectivity index (χ3v) is 4.06. The van der Waals surface area contributed by atoms with Crippen LogP contribution in [0.15, 0.2) is 45.7 Å². The average Bonchev–Trinajstić information content (AvgIpc) is 2.76. The number of rotatable bonds is 2. The van der Waals surface area contributed by atoms with Crippen LogP contribution in [0.25, 0.3) is 11.0 Å². The Labute approximate surface area is 124 Å². The molecule has 0 saturated heterocycles. The van der Waals surface area contributed by atoms with Gasteiger partial charge >= 0.3 is 5.69 Å². The third-order valence-electron chi connectivity index (χ3n) is 3.37. The molecule has 0 fully saturated rings. The van der Waals surface area contributed by atoms with Crippen molar-refractivity contribution in [3.8, 4) is 0 Å². The van der Waals surface area contributed by atoms with Crippen LogP contribution in [0.4, 0.5) is 0 Å². The SMILES string of the molecule is Cc1cccc(C(N)c2cc3[nH]c(=O)[nH]c3cc2Br)c1. The number of nitrogens with one attached hydrogen (secondary N) is 2. The summed E-state index contributed by atoms with van der Waals surface area (Å²) in [5.41, 5.74) is 10.8. The van der Waals surface area contributed by atoms with E-state index < -0.39 is 0 Å². The summed E-state index contributed by atoms with van der Waals surface area (Å²) in [5, 5.41) is 0. The van der Waals surface area contributed by atoms with Gasteiger partial charge in [0.25, 0.3) is 0 Å². The predicted molar refractivity (Wildman–Crippen MR) is 83.8 cm³/mol. The first-order valence-electron chi connectivity index (χ1n) is 6.28. The van der Waals surface area contributed by atoms with Gasteiger partial charge in [-0.25, -0.2) is 4.79 Å². The number of benzene rings is 2. The largest absolute Gasteiger partial charge is 0.323 e. The standard InChI is InChI=1S/C15H14BrN3O/c1-8-3-2-4-9(5-8)14(17)10-6-12-13(7-11(10)16)19-15(20)18-12/h2-7,14H,17H2,1H3,(H2,18,19,20). The number of nitrogens with two attached hydrogens (primary N) is 1. The van der Waals surface area contributed by atoms with Crippen LogP contribution in [-0.4, -0.2) is 9.97 Å². The minimum absolute atomic E-state index is 0.215. The number of aryl methyl sites for hydroxylation is 1. The maximum Gasteiger partial charge on any atom is 0.323 e. The summed E-state index contributed by atoms with van der Waals surface area (Å²) in [6.45, 7) is 2.04. The fraction of sp³-hybridized carbons (Fsp3) is 0.133. The average molecular weight is 332 g/mol. The number of fused-ring (bicyclic) bond motifs is 1. The second kappa shape index (κ2) is 4.92. The van der Waals surface area contributed by atoms with Gasteiger partial charge in [-0.1, -0.05) is 45.8 Å². The van der Waals surface area contributed by atoms with Crippen LogP contribution < -0.4 is 11.4 Å². The Hall–Kier alpha value is -1.85. The van der Waals surface area contributed by atoms with Crippen LogP contribution in [0, 0.1) is 6.92 Å². The van der Waals surface area contributed by atoms with Gasteiger partial charge in [-0.3, -0.25) is 0 Å². The molecule has 0 radical (unpaired) electrons. The Morgan fingerprint density at radius 3 is 2.55 bits per heavy atom. The van der Waals surface area contributed by atoms with Crippen molar-refractivity contribution in [1.29, 1.82) is 0 Å². The van der Waals surface area contributed by atoms with Crippen LogP contribution in [-0.2, 0) is 0 Å². The molecule has 5 heteroatoms. The van der Waals surface area contributed by atoms with Crippen LogP contribution in [0.1, 0.15) is 22.7 Å². The zero-order valence-corrected chi connectivity index (χ0v) is 12.5. The maximum atomic E-state index is 11.3. The smallest absolute Gasteiger partial charge is 0.320 e. The second-order valence-electron chi connectivity index (χ2n) is 4.89. The van der Waals surface area contributed by atoms with E-state index in [-0.39, 0.29) is 11.7 Å². The van der Waals surface area contributed by atoms with Gasteiger partial charge in [-0.2, -0.15) is 0 Å². The summed E-state index contributed by atoms with van der Waals surface area (Å²) in [7, 11) is 0. The van der Waals surface area contributed by atoms with E-state index in [0.717, 1.165) is 26.6 Å². The highest BCUT2D eigenvalue weighted by Crippen LogP contribution is 2.29. The summed E-state index contributed by atoms with van der Waals surface area (Å²) in [5.74, 6) is 0. The molecule has 20 heavy (non-hydrogen) atoms. The lowest BCUT2D eigenvalue weighted by Crippen LogP contribution is -2.12. The second-order valence-corrected chi connectivity index (χ2v) is 5.74. The van der Waals surface area contributed by atoms with E-state index in [0.29, 0.717) is 0 Å². The highest BCUT2D eigenvalue weighted by atomic mass is 79.9. The molecule has 3 aromatic rings. The maximum absolute atomic E-state index is 11.3. The van der Waals surface area contributed by atoms with Gasteiger partial charge in [0.1, 0.15) is 0 Å². The number of halogens is 1. The minimum Gasteiger partial charge on any atom is -0.320 e. The monoisotopic (exact) mass is 331 g/mol. The van der Waals surface area contributed by atoms with Crippen molar-refractivity contribution in [1.82, 2.24) is 9.97 Å². The van der Waals surface area contributed by atoms with Crippen molar-refractivity contribution in [2.75, 3.05) is 0 Å². The molecular formula is C15H14BrN3O. The van der Waals surface area contributed by atoms with Crippen molar-refractivity contribution in [2.45, 2.75) is 13.0 Å². The van der Waals surface area contributed by atoms with Gasteiger partial charge < -0.3 is 15.7 Å². The van der Waals surface area contributed by atoms with E-state index in [1.165, 1.54) is 5.56 Å². The van der Waals surface area contributed by atoms with Crippen molar-refractivity contribution >= 4 is 27.0 Å². The number of hydrogen-bond acceptors (Lipinski definition) is 2. The molecular weight excluding hydrogens is 318 g/mol. The predicted octanol–water partition coefficient (Wildman–Crippen LogP) is 2.98. The van der Waals surface area contributed by atoms with Gasteiger partial charge in [-0.15, -0.1) is 0 Å². The molecule has 0 saturated carbocycles. The van der Waals surface area contributed by atoms with E-state index >= 15 is 0 Å².